The van der Waals surface area contributed by atoms with Gasteiger partial charge in [-0.1, -0.05) is 6.07 Å². The minimum absolute atomic E-state index is 0.0744. The van der Waals surface area contributed by atoms with Crippen LogP contribution in [-0.4, -0.2) is 46.1 Å². The molecule has 1 aliphatic rings. The lowest BCUT2D eigenvalue weighted by atomic mass is 9.87. The Hall–Kier alpha value is -2.47. The van der Waals surface area contributed by atoms with Gasteiger partial charge in [0.25, 0.3) is 5.91 Å². The smallest absolute Gasteiger partial charge is 0.254 e. The minimum atomic E-state index is -0.972. The highest BCUT2D eigenvalue weighted by Gasteiger charge is 2.36. The zero-order chi connectivity index (χ0) is 17.2. The fourth-order valence-corrected chi connectivity index (χ4v) is 2.92. The van der Waals surface area contributed by atoms with Gasteiger partial charge in [-0.15, -0.1) is 0 Å². The van der Waals surface area contributed by atoms with Gasteiger partial charge in [-0.05, 0) is 37.5 Å². The molecular weight excluding hydrogens is 306 g/mol. The number of carbonyl (C=O) groups excluding carboxylic acids is 1. The van der Waals surface area contributed by atoms with Gasteiger partial charge in [-0.2, -0.15) is 0 Å². The maximum Gasteiger partial charge on any atom is 0.254 e. The van der Waals surface area contributed by atoms with Crippen molar-refractivity contribution in [2.75, 3.05) is 20.2 Å². The van der Waals surface area contributed by atoms with Crippen molar-refractivity contribution in [2.24, 2.45) is 0 Å². The van der Waals surface area contributed by atoms with Gasteiger partial charge in [-0.25, -0.2) is 4.98 Å². The number of ether oxygens (including phenoxy) is 1. The van der Waals surface area contributed by atoms with Gasteiger partial charge >= 0.3 is 0 Å². The Morgan fingerprint density at radius 3 is 2.62 bits per heavy atom. The van der Waals surface area contributed by atoms with Crippen molar-refractivity contribution < 1.29 is 14.6 Å². The van der Waals surface area contributed by atoms with Crippen LogP contribution in [0.1, 0.15) is 34.5 Å². The number of aromatic nitrogens is 2. The van der Waals surface area contributed by atoms with E-state index >= 15 is 0 Å². The van der Waals surface area contributed by atoms with Crippen molar-refractivity contribution in [3.63, 3.8) is 0 Å². The van der Waals surface area contributed by atoms with E-state index in [1.807, 2.05) is 19.1 Å². The second-order valence-corrected chi connectivity index (χ2v) is 6.13. The normalized spacial score (nSPS) is 16.7. The maximum absolute atomic E-state index is 12.6. The predicted molar refractivity (Wildman–Crippen MR) is 88.8 cm³/mol. The highest BCUT2D eigenvalue weighted by atomic mass is 16.5. The van der Waals surface area contributed by atoms with E-state index in [0.717, 1.165) is 5.56 Å². The molecule has 3 rings (SSSR count). The van der Waals surface area contributed by atoms with Crippen molar-refractivity contribution in [2.45, 2.75) is 25.4 Å². The lowest BCUT2D eigenvalue weighted by Crippen LogP contribution is -2.45. The summed E-state index contributed by atoms with van der Waals surface area (Å²) in [7, 11) is 1.52. The molecule has 6 heteroatoms. The fraction of sp³-hybridized carbons (Fsp3) is 0.389. The summed E-state index contributed by atoms with van der Waals surface area (Å²) in [6.07, 6.45) is 4.25. The van der Waals surface area contributed by atoms with Crippen LogP contribution in [0.4, 0.5) is 0 Å². The molecule has 0 spiro atoms. The first-order chi connectivity index (χ1) is 11.5. The molecule has 0 atom stereocenters. The van der Waals surface area contributed by atoms with Crippen molar-refractivity contribution in [1.29, 1.82) is 0 Å². The topological polar surface area (TPSA) is 75.5 Å². The number of hydrogen-bond donors (Lipinski definition) is 1. The van der Waals surface area contributed by atoms with Gasteiger partial charge in [0, 0.05) is 37.1 Å². The highest BCUT2D eigenvalue weighted by Crippen LogP contribution is 2.32. The van der Waals surface area contributed by atoms with Crippen LogP contribution in [0.2, 0.25) is 0 Å². The molecule has 6 nitrogen and oxygen atoms in total. The van der Waals surface area contributed by atoms with Crippen LogP contribution < -0.4 is 4.74 Å². The second-order valence-electron chi connectivity index (χ2n) is 6.13. The van der Waals surface area contributed by atoms with E-state index in [0.29, 0.717) is 43.1 Å². The molecule has 0 unspecified atom stereocenters. The number of carbonyl (C=O) groups is 1. The molecule has 126 valence electrons. The Kier molecular flexibility index (Phi) is 4.49. The Labute approximate surface area is 141 Å². The van der Waals surface area contributed by atoms with Crippen LogP contribution in [0.15, 0.2) is 36.7 Å². The molecule has 24 heavy (non-hydrogen) atoms. The number of rotatable bonds is 3. The number of hydrogen-bond acceptors (Lipinski definition) is 5. The van der Waals surface area contributed by atoms with Crippen LogP contribution in [0.5, 0.6) is 5.88 Å². The quantitative estimate of drug-likeness (QED) is 0.932. The first kappa shape index (κ1) is 16.4. The van der Waals surface area contributed by atoms with Crippen molar-refractivity contribution in [3.8, 4) is 5.88 Å². The summed E-state index contributed by atoms with van der Waals surface area (Å²) >= 11 is 0. The van der Waals surface area contributed by atoms with E-state index in [1.54, 1.807) is 29.4 Å². The van der Waals surface area contributed by atoms with Gasteiger partial charge in [0.2, 0.25) is 5.88 Å². The number of nitrogens with zero attached hydrogens (tertiary/aromatic N) is 3. The third-order valence-corrected chi connectivity index (χ3v) is 4.46. The number of piperidine rings is 1. The van der Waals surface area contributed by atoms with Gasteiger partial charge in [0.15, 0.2) is 0 Å². The summed E-state index contributed by atoms with van der Waals surface area (Å²) in [5, 5.41) is 10.9. The molecule has 0 bridgehead atoms. The largest absolute Gasteiger partial charge is 0.481 e. The number of pyridine rings is 2. The van der Waals surface area contributed by atoms with Gasteiger partial charge < -0.3 is 14.7 Å². The first-order valence-corrected chi connectivity index (χ1v) is 7.97. The summed E-state index contributed by atoms with van der Waals surface area (Å²) in [5.74, 6) is 0.341. The molecule has 2 aromatic rings. The molecule has 1 N–H and O–H groups in total. The fourth-order valence-electron chi connectivity index (χ4n) is 2.92. The highest BCUT2D eigenvalue weighted by molar-refractivity contribution is 5.94. The molecule has 1 aliphatic heterocycles. The summed E-state index contributed by atoms with van der Waals surface area (Å²) in [6.45, 7) is 2.93. The van der Waals surface area contributed by atoms with Gasteiger partial charge in [-0.3, -0.25) is 9.78 Å². The molecule has 1 saturated heterocycles. The summed E-state index contributed by atoms with van der Waals surface area (Å²) in [6, 6.07) is 7.11. The second kappa shape index (κ2) is 6.57. The average Bonchev–Trinajstić information content (AvgIpc) is 2.62. The Bertz CT molecular complexity index is 723. The van der Waals surface area contributed by atoms with Crippen LogP contribution >= 0.6 is 0 Å². The standard InChI is InChI=1S/C18H21N3O3/c1-13-3-4-15(20-12-13)18(23)6-9-21(10-7-18)17(22)14-5-8-19-16(11-14)24-2/h3-5,8,11-12,23H,6-7,9-10H2,1-2H3. The molecule has 2 aromatic heterocycles. The summed E-state index contributed by atoms with van der Waals surface area (Å²) < 4.78 is 5.06. The maximum atomic E-state index is 12.6. The van der Waals surface area contributed by atoms with Crippen molar-refractivity contribution in [1.82, 2.24) is 14.9 Å². The first-order valence-electron chi connectivity index (χ1n) is 7.97. The van der Waals surface area contributed by atoms with Crippen LogP contribution in [0.3, 0.4) is 0 Å². The summed E-state index contributed by atoms with van der Waals surface area (Å²) in [4.78, 5) is 22.7. The molecule has 1 fully saturated rings. The average molecular weight is 327 g/mol. The molecule has 1 amide bonds. The van der Waals surface area contributed by atoms with Crippen LogP contribution in [0, 0.1) is 6.92 Å². The summed E-state index contributed by atoms with van der Waals surface area (Å²) in [5.41, 5.74) is 1.30. The molecule has 0 radical (unpaired) electrons. The monoisotopic (exact) mass is 327 g/mol. The number of aryl methyl sites for hydroxylation is 1. The Morgan fingerprint density at radius 1 is 1.25 bits per heavy atom. The van der Waals surface area contributed by atoms with Crippen molar-refractivity contribution >= 4 is 5.91 Å². The Morgan fingerprint density at radius 2 is 2.00 bits per heavy atom. The van der Waals surface area contributed by atoms with E-state index in [-0.39, 0.29) is 5.91 Å². The van der Waals surface area contributed by atoms with Gasteiger partial charge in [0.05, 0.1) is 12.8 Å². The number of likely N-dealkylation sites (tertiary alicyclic amines) is 1. The zero-order valence-electron chi connectivity index (χ0n) is 13.9. The van der Waals surface area contributed by atoms with E-state index < -0.39 is 5.60 Å². The number of amides is 1. The van der Waals surface area contributed by atoms with Crippen LogP contribution in [-0.2, 0) is 5.60 Å². The van der Waals surface area contributed by atoms with E-state index in [2.05, 4.69) is 9.97 Å². The Balaban J connectivity index is 1.70. The minimum Gasteiger partial charge on any atom is -0.481 e. The zero-order valence-corrected chi connectivity index (χ0v) is 13.9. The molecule has 0 saturated carbocycles. The van der Waals surface area contributed by atoms with Crippen molar-refractivity contribution in [3.05, 3.63) is 53.5 Å². The predicted octanol–water partition coefficient (Wildman–Crippen LogP) is 1.92. The van der Waals surface area contributed by atoms with Crippen LogP contribution in [0.25, 0.3) is 0 Å². The molecule has 3 heterocycles. The van der Waals surface area contributed by atoms with E-state index in [4.69, 9.17) is 4.74 Å². The van der Waals surface area contributed by atoms with Gasteiger partial charge in [0.1, 0.15) is 5.60 Å². The third-order valence-electron chi connectivity index (χ3n) is 4.46. The van der Waals surface area contributed by atoms with E-state index in [9.17, 15) is 9.90 Å². The van der Waals surface area contributed by atoms with E-state index in [1.165, 1.54) is 7.11 Å². The molecule has 0 aromatic carbocycles. The SMILES string of the molecule is COc1cc(C(=O)N2CCC(O)(c3ccc(C)cn3)CC2)ccn1. The lowest BCUT2D eigenvalue weighted by Gasteiger charge is -2.37. The third kappa shape index (κ3) is 3.23. The number of methoxy groups -OCH3 is 1. The molecular formula is C18H21N3O3. The number of aliphatic hydroxyl groups is 1. The lowest BCUT2D eigenvalue weighted by molar-refractivity contribution is -0.0244. The molecule has 0 aliphatic carbocycles.